The molecule has 1 N–H and O–H groups in total. The number of amides is 1. The second-order valence-corrected chi connectivity index (χ2v) is 7.07. The van der Waals surface area contributed by atoms with Gasteiger partial charge in [0.05, 0.1) is 5.69 Å². The molecule has 1 fully saturated rings. The molecule has 1 saturated carbocycles. The molecule has 1 heterocycles. The number of nitrogens with zero attached hydrogens (tertiary/aromatic N) is 1. The average Bonchev–Trinajstić information content (AvgIpc) is 3.02. The maximum atomic E-state index is 12.3. The standard InChI is InChI=1S/C19H24N2O3/c1-19(2)14(9-15-11-16(12-23-3)24-21-15)10-17(19)20-18(22)13-7-5-4-6-8-13/h4-8,11,14,17H,9-10,12H2,1-3H3,(H,20,22). The van der Waals surface area contributed by atoms with Gasteiger partial charge in [-0.05, 0) is 36.3 Å². The van der Waals surface area contributed by atoms with Crippen LogP contribution in [-0.4, -0.2) is 24.2 Å². The molecule has 1 aliphatic rings. The molecule has 0 aliphatic heterocycles. The first kappa shape index (κ1) is 16.7. The van der Waals surface area contributed by atoms with Crippen LogP contribution in [0.2, 0.25) is 0 Å². The van der Waals surface area contributed by atoms with Gasteiger partial charge in [0.15, 0.2) is 5.76 Å². The molecule has 2 unspecified atom stereocenters. The van der Waals surface area contributed by atoms with Gasteiger partial charge >= 0.3 is 0 Å². The zero-order valence-corrected chi connectivity index (χ0v) is 14.4. The van der Waals surface area contributed by atoms with Crippen LogP contribution in [0.3, 0.4) is 0 Å². The number of hydrogen-bond acceptors (Lipinski definition) is 4. The van der Waals surface area contributed by atoms with E-state index in [0.717, 1.165) is 24.3 Å². The van der Waals surface area contributed by atoms with Gasteiger partial charge in [-0.15, -0.1) is 0 Å². The highest BCUT2D eigenvalue weighted by Crippen LogP contribution is 2.47. The van der Waals surface area contributed by atoms with Crippen LogP contribution in [0, 0.1) is 11.3 Å². The molecule has 0 saturated heterocycles. The third-order valence-electron chi connectivity index (χ3n) is 5.16. The quantitative estimate of drug-likeness (QED) is 0.884. The van der Waals surface area contributed by atoms with Crippen LogP contribution in [0.5, 0.6) is 0 Å². The third kappa shape index (κ3) is 3.36. The largest absolute Gasteiger partial charge is 0.377 e. The molecule has 0 radical (unpaired) electrons. The Bertz CT molecular complexity index is 694. The summed E-state index contributed by atoms with van der Waals surface area (Å²) < 4.78 is 10.3. The van der Waals surface area contributed by atoms with E-state index in [9.17, 15) is 4.79 Å². The maximum absolute atomic E-state index is 12.3. The van der Waals surface area contributed by atoms with Crippen molar-refractivity contribution in [1.82, 2.24) is 10.5 Å². The fourth-order valence-corrected chi connectivity index (χ4v) is 3.35. The highest BCUT2D eigenvalue weighted by molar-refractivity contribution is 5.94. The SMILES string of the molecule is COCc1cc(CC2CC(NC(=O)c3ccccc3)C2(C)C)no1. The number of methoxy groups -OCH3 is 1. The molecule has 128 valence electrons. The molecule has 1 aliphatic carbocycles. The van der Waals surface area contributed by atoms with Gasteiger partial charge in [0.25, 0.3) is 5.91 Å². The van der Waals surface area contributed by atoms with Gasteiger partial charge < -0.3 is 14.6 Å². The Kier molecular flexibility index (Phi) is 4.71. The molecule has 24 heavy (non-hydrogen) atoms. The fraction of sp³-hybridized carbons (Fsp3) is 0.474. The van der Waals surface area contributed by atoms with Crippen LogP contribution in [0.4, 0.5) is 0 Å². The third-order valence-corrected chi connectivity index (χ3v) is 5.16. The molecule has 2 atom stereocenters. The van der Waals surface area contributed by atoms with Gasteiger partial charge in [-0.1, -0.05) is 37.2 Å². The Morgan fingerprint density at radius 3 is 2.79 bits per heavy atom. The van der Waals surface area contributed by atoms with E-state index in [1.807, 2.05) is 36.4 Å². The number of aromatic nitrogens is 1. The average molecular weight is 328 g/mol. The Morgan fingerprint density at radius 1 is 1.38 bits per heavy atom. The van der Waals surface area contributed by atoms with Crippen LogP contribution in [-0.2, 0) is 17.8 Å². The number of carbonyl (C=O) groups is 1. The van der Waals surface area contributed by atoms with Crippen LogP contribution in [0.15, 0.2) is 40.9 Å². The molecule has 3 rings (SSSR count). The highest BCUT2D eigenvalue weighted by Gasteiger charge is 2.48. The normalized spacial score (nSPS) is 22.0. The molecular weight excluding hydrogens is 304 g/mol. The smallest absolute Gasteiger partial charge is 0.251 e. The summed E-state index contributed by atoms with van der Waals surface area (Å²) in [4.78, 5) is 12.3. The summed E-state index contributed by atoms with van der Waals surface area (Å²) in [5.41, 5.74) is 1.69. The second kappa shape index (κ2) is 6.77. The number of hydrogen-bond donors (Lipinski definition) is 1. The van der Waals surface area contributed by atoms with Crippen molar-refractivity contribution in [2.24, 2.45) is 11.3 Å². The summed E-state index contributed by atoms with van der Waals surface area (Å²) in [5, 5.41) is 7.27. The van der Waals surface area contributed by atoms with Gasteiger partial charge in [0, 0.05) is 24.8 Å². The van der Waals surface area contributed by atoms with Crippen LogP contribution in [0.25, 0.3) is 0 Å². The zero-order valence-electron chi connectivity index (χ0n) is 14.4. The van der Waals surface area contributed by atoms with Crippen LogP contribution >= 0.6 is 0 Å². The van der Waals surface area contributed by atoms with Crippen molar-refractivity contribution < 1.29 is 14.1 Å². The first-order valence-corrected chi connectivity index (χ1v) is 8.30. The van der Waals surface area contributed by atoms with E-state index in [0.29, 0.717) is 18.1 Å². The molecular formula is C19H24N2O3. The summed E-state index contributed by atoms with van der Waals surface area (Å²) in [6.45, 7) is 4.84. The minimum atomic E-state index is -0.00376. The predicted molar refractivity (Wildman–Crippen MR) is 90.5 cm³/mol. The second-order valence-electron chi connectivity index (χ2n) is 7.07. The summed E-state index contributed by atoms with van der Waals surface area (Å²) in [6.07, 6.45) is 1.82. The number of ether oxygens (including phenoxy) is 1. The minimum absolute atomic E-state index is 0.00376. The van der Waals surface area contributed by atoms with Gasteiger partial charge in [0.2, 0.25) is 0 Å². The highest BCUT2D eigenvalue weighted by atomic mass is 16.5. The van der Waals surface area contributed by atoms with Crippen molar-refractivity contribution in [3.05, 3.63) is 53.4 Å². The predicted octanol–water partition coefficient (Wildman–Crippen LogP) is 3.21. The van der Waals surface area contributed by atoms with Crippen molar-refractivity contribution in [3.8, 4) is 0 Å². The van der Waals surface area contributed by atoms with Gasteiger partial charge in [-0.3, -0.25) is 4.79 Å². The van der Waals surface area contributed by atoms with E-state index >= 15 is 0 Å². The summed E-state index contributed by atoms with van der Waals surface area (Å²) >= 11 is 0. The zero-order chi connectivity index (χ0) is 17.2. The lowest BCUT2D eigenvalue weighted by molar-refractivity contribution is 0.0138. The van der Waals surface area contributed by atoms with E-state index < -0.39 is 0 Å². The Labute approximate surface area is 142 Å². The van der Waals surface area contributed by atoms with Crippen molar-refractivity contribution >= 4 is 5.91 Å². The van der Waals surface area contributed by atoms with Crippen molar-refractivity contribution in [2.75, 3.05) is 7.11 Å². The maximum Gasteiger partial charge on any atom is 0.251 e. The summed E-state index contributed by atoms with van der Waals surface area (Å²) in [6, 6.07) is 11.5. The van der Waals surface area contributed by atoms with Crippen molar-refractivity contribution in [1.29, 1.82) is 0 Å². The lowest BCUT2D eigenvalue weighted by atomic mass is 9.57. The van der Waals surface area contributed by atoms with Crippen LogP contribution in [0.1, 0.15) is 42.1 Å². The van der Waals surface area contributed by atoms with Gasteiger partial charge in [-0.2, -0.15) is 0 Å². The topological polar surface area (TPSA) is 64.4 Å². The number of nitrogens with one attached hydrogen (secondary N) is 1. The number of benzene rings is 1. The van der Waals surface area contributed by atoms with E-state index in [4.69, 9.17) is 9.26 Å². The molecule has 2 aromatic rings. The van der Waals surface area contributed by atoms with Crippen LogP contribution < -0.4 is 5.32 Å². The Balaban J connectivity index is 1.57. The van der Waals surface area contributed by atoms with Gasteiger partial charge in [-0.25, -0.2) is 0 Å². The minimum Gasteiger partial charge on any atom is -0.377 e. The van der Waals surface area contributed by atoms with E-state index in [1.165, 1.54) is 0 Å². The first-order valence-electron chi connectivity index (χ1n) is 8.30. The molecule has 5 heteroatoms. The molecule has 0 spiro atoms. The molecule has 1 aromatic heterocycles. The molecule has 0 bridgehead atoms. The van der Waals surface area contributed by atoms with E-state index in [2.05, 4.69) is 24.3 Å². The lowest BCUT2D eigenvalue weighted by Gasteiger charge is -2.52. The number of carbonyl (C=O) groups excluding carboxylic acids is 1. The van der Waals surface area contributed by atoms with Gasteiger partial charge in [0.1, 0.15) is 6.61 Å². The van der Waals surface area contributed by atoms with Crippen molar-refractivity contribution in [3.63, 3.8) is 0 Å². The summed E-state index contributed by atoms with van der Waals surface area (Å²) in [7, 11) is 1.64. The molecule has 5 nitrogen and oxygen atoms in total. The fourth-order valence-electron chi connectivity index (χ4n) is 3.35. The Hall–Kier alpha value is -2.14. The van der Waals surface area contributed by atoms with E-state index in [-0.39, 0.29) is 17.4 Å². The number of rotatable bonds is 6. The Morgan fingerprint density at radius 2 is 2.12 bits per heavy atom. The summed E-state index contributed by atoms with van der Waals surface area (Å²) in [5.74, 6) is 1.22. The monoisotopic (exact) mass is 328 g/mol. The molecule has 1 aromatic carbocycles. The first-order chi connectivity index (χ1) is 11.5. The molecule has 1 amide bonds. The van der Waals surface area contributed by atoms with Crippen molar-refractivity contribution in [2.45, 2.75) is 39.3 Å². The lowest BCUT2D eigenvalue weighted by Crippen LogP contribution is -2.58. The van der Waals surface area contributed by atoms with E-state index in [1.54, 1.807) is 7.11 Å².